The molecule has 0 saturated carbocycles. The molecule has 2 rings (SSSR count). The molecular formula is C17H24N4O3S. The Bertz CT molecular complexity index is 801. The molecule has 0 radical (unpaired) electrons. The van der Waals surface area contributed by atoms with E-state index in [1.807, 2.05) is 4.90 Å². The lowest BCUT2D eigenvalue weighted by atomic mass is 10.3. The molecule has 1 heterocycles. The minimum atomic E-state index is -3.79. The summed E-state index contributed by atoms with van der Waals surface area (Å²) < 4.78 is 30.6. The number of nitrogen functional groups attached to an aromatic ring is 1. The highest BCUT2D eigenvalue weighted by Crippen LogP contribution is 2.27. The number of nitrogens with zero attached hydrogens (tertiary/aromatic N) is 3. The number of sulfone groups is 1. The van der Waals surface area contributed by atoms with Gasteiger partial charge in [-0.15, -0.1) is 0 Å². The Morgan fingerprint density at radius 2 is 1.72 bits per heavy atom. The van der Waals surface area contributed by atoms with E-state index in [2.05, 4.69) is 23.8 Å². The first-order valence-electron chi connectivity index (χ1n) is 8.20. The maximum absolute atomic E-state index is 12.8. The molecule has 0 spiro atoms. The normalized spacial score (nSPS) is 11.3. The third-order valence-electron chi connectivity index (χ3n) is 3.70. The summed E-state index contributed by atoms with van der Waals surface area (Å²) in [6.45, 7) is 5.71. The van der Waals surface area contributed by atoms with Crippen LogP contribution in [0.5, 0.6) is 5.75 Å². The van der Waals surface area contributed by atoms with Gasteiger partial charge in [0.25, 0.3) is 0 Å². The largest absolute Gasteiger partial charge is 0.497 e. The topological polar surface area (TPSA) is 98.4 Å². The number of ether oxygens (including phenoxy) is 1. The van der Waals surface area contributed by atoms with E-state index < -0.39 is 9.84 Å². The van der Waals surface area contributed by atoms with Gasteiger partial charge in [0.2, 0.25) is 15.8 Å². The van der Waals surface area contributed by atoms with Crippen LogP contribution in [-0.4, -0.2) is 38.6 Å². The lowest BCUT2D eigenvalue weighted by Crippen LogP contribution is -2.27. The predicted molar refractivity (Wildman–Crippen MR) is 97.7 cm³/mol. The van der Waals surface area contributed by atoms with Crippen molar-refractivity contribution in [2.45, 2.75) is 36.5 Å². The van der Waals surface area contributed by atoms with Crippen molar-refractivity contribution in [1.82, 2.24) is 9.97 Å². The number of nitrogens with two attached hydrogens (primary N) is 1. The molecule has 0 unspecified atom stereocenters. The quantitative estimate of drug-likeness (QED) is 0.768. The summed E-state index contributed by atoms with van der Waals surface area (Å²) in [6, 6.07) is 6.12. The third kappa shape index (κ3) is 4.19. The Labute approximate surface area is 148 Å². The Balaban J connectivity index is 2.38. The average molecular weight is 364 g/mol. The number of methoxy groups -OCH3 is 1. The lowest BCUT2D eigenvalue weighted by molar-refractivity contribution is 0.414. The molecule has 0 amide bonds. The van der Waals surface area contributed by atoms with Crippen molar-refractivity contribution in [1.29, 1.82) is 0 Å². The maximum atomic E-state index is 12.8. The molecule has 2 aromatic rings. The summed E-state index contributed by atoms with van der Waals surface area (Å²) >= 11 is 0. The molecule has 136 valence electrons. The molecule has 0 fully saturated rings. The van der Waals surface area contributed by atoms with Crippen LogP contribution in [-0.2, 0) is 9.84 Å². The summed E-state index contributed by atoms with van der Waals surface area (Å²) in [5.74, 6) is 0.987. The van der Waals surface area contributed by atoms with Gasteiger partial charge in [-0.2, -0.15) is 4.98 Å². The van der Waals surface area contributed by atoms with E-state index in [4.69, 9.17) is 10.5 Å². The smallest absolute Gasteiger partial charge is 0.227 e. The summed E-state index contributed by atoms with van der Waals surface area (Å²) in [6.07, 6.45) is 3.17. The molecule has 2 N–H and O–H groups in total. The second kappa shape index (κ2) is 8.15. The Kier molecular flexibility index (Phi) is 6.19. The summed E-state index contributed by atoms with van der Waals surface area (Å²) in [7, 11) is -2.27. The van der Waals surface area contributed by atoms with Crippen LogP contribution in [0.3, 0.4) is 0 Å². The Morgan fingerprint density at radius 3 is 2.20 bits per heavy atom. The minimum Gasteiger partial charge on any atom is -0.497 e. The van der Waals surface area contributed by atoms with Crippen molar-refractivity contribution in [3.63, 3.8) is 0 Å². The fraction of sp³-hybridized carbons (Fsp3) is 0.412. The fourth-order valence-electron chi connectivity index (χ4n) is 2.47. The van der Waals surface area contributed by atoms with Crippen LogP contribution in [0.15, 0.2) is 40.3 Å². The molecular weight excluding hydrogens is 340 g/mol. The number of aromatic nitrogens is 2. The average Bonchev–Trinajstić information content (AvgIpc) is 2.61. The molecule has 25 heavy (non-hydrogen) atoms. The second-order valence-corrected chi connectivity index (χ2v) is 7.50. The zero-order valence-electron chi connectivity index (χ0n) is 14.8. The first-order valence-corrected chi connectivity index (χ1v) is 9.69. The number of rotatable bonds is 8. The summed E-state index contributed by atoms with van der Waals surface area (Å²) in [5, 5.41) is 0. The molecule has 0 aliphatic rings. The Morgan fingerprint density at radius 1 is 1.12 bits per heavy atom. The van der Waals surface area contributed by atoms with Crippen molar-refractivity contribution in [2.24, 2.45) is 0 Å². The number of anilines is 2. The molecule has 0 bridgehead atoms. The highest BCUT2D eigenvalue weighted by Gasteiger charge is 2.23. The van der Waals surface area contributed by atoms with E-state index in [1.54, 1.807) is 12.1 Å². The molecule has 0 saturated heterocycles. The maximum Gasteiger partial charge on any atom is 0.227 e. The monoisotopic (exact) mass is 364 g/mol. The molecule has 7 nitrogen and oxygen atoms in total. The molecule has 1 aromatic carbocycles. The predicted octanol–water partition coefficient (Wildman–Crippen LogP) is 2.53. The molecule has 1 aromatic heterocycles. The van der Waals surface area contributed by atoms with Gasteiger partial charge in [0.05, 0.1) is 18.2 Å². The zero-order chi connectivity index (χ0) is 18.4. The highest BCUT2D eigenvalue weighted by molar-refractivity contribution is 7.91. The van der Waals surface area contributed by atoms with Crippen molar-refractivity contribution in [3.8, 4) is 5.75 Å². The first kappa shape index (κ1) is 19.0. The molecule has 0 aliphatic carbocycles. The first-order chi connectivity index (χ1) is 11.9. The highest BCUT2D eigenvalue weighted by atomic mass is 32.2. The minimum absolute atomic E-state index is 0.0435. The number of benzene rings is 1. The third-order valence-corrected chi connectivity index (χ3v) is 5.49. The van der Waals surface area contributed by atoms with Crippen LogP contribution in [0.1, 0.15) is 26.7 Å². The van der Waals surface area contributed by atoms with Gasteiger partial charge in [0.1, 0.15) is 16.5 Å². The summed E-state index contributed by atoms with van der Waals surface area (Å²) in [4.78, 5) is 10.5. The van der Waals surface area contributed by atoms with E-state index in [-0.39, 0.29) is 15.6 Å². The van der Waals surface area contributed by atoms with Gasteiger partial charge >= 0.3 is 0 Å². The van der Waals surface area contributed by atoms with Crippen LogP contribution in [0.25, 0.3) is 0 Å². The number of hydrogen-bond donors (Lipinski definition) is 1. The van der Waals surface area contributed by atoms with Gasteiger partial charge in [-0.3, -0.25) is 0 Å². The van der Waals surface area contributed by atoms with Gasteiger partial charge in [0, 0.05) is 13.1 Å². The van der Waals surface area contributed by atoms with Crippen LogP contribution >= 0.6 is 0 Å². The van der Waals surface area contributed by atoms with Crippen LogP contribution in [0, 0.1) is 0 Å². The molecule has 0 atom stereocenters. The van der Waals surface area contributed by atoms with E-state index >= 15 is 0 Å². The van der Waals surface area contributed by atoms with Gasteiger partial charge in [-0.05, 0) is 37.1 Å². The number of hydrogen-bond acceptors (Lipinski definition) is 7. The van der Waals surface area contributed by atoms with E-state index in [0.717, 1.165) is 25.9 Å². The van der Waals surface area contributed by atoms with Crippen molar-refractivity contribution in [2.75, 3.05) is 30.8 Å². The second-order valence-electron chi connectivity index (χ2n) is 5.59. The van der Waals surface area contributed by atoms with Gasteiger partial charge in [-0.25, -0.2) is 13.4 Å². The van der Waals surface area contributed by atoms with Gasteiger partial charge < -0.3 is 15.4 Å². The van der Waals surface area contributed by atoms with Crippen LogP contribution in [0.2, 0.25) is 0 Å². The Hall–Kier alpha value is -2.35. The zero-order valence-corrected chi connectivity index (χ0v) is 15.6. The fourth-order valence-corrected chi connectivity index (χ4v) is 3.73. The van der Waals surface area contributed by atoms with Gasteiger partial charge in [-0.1, -0.05) is 13.8 Å². The molecule has 0 aliphatic heterocycles. The van der Waals surface area contributed by atoms with Gasteiger partial charge in [0.15, 0.2) is 0 Å². The molecule has 8 heteroatoms. The standard InChI is InChI=1S/C17H24N4O3S/c1-4-10-21(11-5-2)17-19-12-15(16(18)20-17)25(22,23)14-8-6-13(24-3)7-9-14/h6-9,12H,4-5,10-11H2,1-3H3,(H2,18,19,20). The van der Waals surface area contributed by atoms with E-state index in [0.29, 0.717) is 11.7 Å². The van der Waals surface area contributed by atoms with E-state index in [9.17, 15) is 8.42 Å². The van der Waals surface area contributed by atoms with E-state index in [1.165, 1.54) is 25.4 Å². The van der Waals surface area contributed by atoms with Crippen molar-refractivity contribution >= 4 is 21.6 Å². The summed E-state index contributed by atoms with van der Waals surface area (Å²) in [5.41, 5.74) is 5.95. The van der Waals surface area contributed by atoms with Crippen LogP contribution < -0.4 is 15.4 Å². The van der Waals surface area contributed by atoms with Crippen molar-refractivity contribution < 1.29 is 13.2 Å². The lowest BCUT2D eigenvalue weighted by Gasteiger charge is -2.21. The van der Waals surface area contributed by atoms with Crippen LogP contribution in [0.4, 0.5) is 11.8 Å². The SMILES string of the molecule is CCCN(CCC)c1ncc(S(=O)(=O)c2ccc(OC)cc2)c(N)n1. The van der Waals surface area contributed by atoms with Crippen molar-refractivity contribution in [3.05, 3.63) is 30.5 Å².